The topological polar surface area (TPSA) is 29.1 Å². The average molecular weight is 399 g/mol. The van der Waals surface area contributed by atoms with Crippen molar-refractivity contribution in [3.05, 3.63) is 76.5 Å². The van der Waals surface area contributed by atoms with E-state index in [1.807, 2.05) is 0 Å². The zero-order valence-electron chi connectivity index (χ0n) is 14.6. The zero-order chi connectivity index (χ0) is 20.7. The van der Waals surface area contributed by atoms with Gasteiger partial charge in [0.1, 0.15) is 0 Å². The lowest BCUT2D eigenvalue weighted by molar-refractivity contribution is -0.143. The predicted octanol–water partition coefficient (Wildman–Crippen LogP) is 5.41. The molecular formula is C20H15F6NO. The lowest BCUT2D eigenvalue weighted by atomic mass is 9.91. The third-order valence-electron chi connectivity index (χ3n) is 4.65. The molecule has 0 amide bonds. The summed E-state index contributed by atoms with van der Waals surface area (Å²) in [6.07, 6.45) is -9.78. The largest absolute Gasteiger partial charge is 0.416 e. The number of Topliss-reactive ketones (excluding diaryl/α,β-unsaturated/α-hetero) is 1. The van der Waals surface area contributed by atoms with E-state index in [2.05, 4.69) is 5.32 Å². The van der Waals surface area contributed by atoms with Gasteiger partial charge < -0.3 is 5.32 Å². The van der Waals surface area contributed by atoms with E-state index in [4.69, 9.17) is 0 Å². The molecule has 0 radical (unpaired) electrons. The summed E-state index contributed by atoms with van der Waals surface area (Å²) < 4.78 is 78.9. The second-order valence-corrected chi connectivity index (χ2v) is 6.43. The Balaban J connectivity index is 2.14. The van der Waals surface area contributed by atoms with E-state index in [1.54, 1.807) is 30.3 Å². The zero-order valence-corrected chi connectivity index (χ0v) is 14.6. The van der Waals surface area contributed by atoms with Crippen molar-refractivity contribution < 1.29 is 31.1 Å². The number of nitrogens with one attached hydrogen (secondary N) is 1. The summed E-state index contributed by atoms with van der Waals surface area (Å²) in [7, 11) is 1.48. The molecule has 2 aromatic carbocycles. The molecule has 0 saturated heterocycles. The molecule has 148 valence electrons. The molecule has 3 rings (SSSR count). The van der Waals surface area contributed by atoms with Gasteiger partial charge in [0.25, 0.3) is 0 Å². The second kappa shape index (κ2) is 7.00. The van der Waals surface area contributed by atoms with Crippen molar-refractivity contribution in [3.63, 3.8) is 0 Å². The smallest absolute Gasteiger partial charge is 0.391 e. The monoisotopic (exact) mass is 399 g/mol. The highest BCUT2D eigenvalue weighted by atomic mass is 19.4. The van der Waals surface area contributed by atoms with Crippen LogP contribution in [0.4, 0.5) is 26.3 Å². The number of benzene rings is 2. The van der Waals surface area contributed by atoms with E-state index in [-0.39, 0.29) is 18.1 Å². The highest BCUT2D eigenvalue weighted by Gasteiger charge is 2.40. The first kappa shape index (κ1) is 20.0. The van der Waals surface area contributed by atoms with Gasteiger partial charge in [-0.3, -0.25) is 4.79 Å². The van der Waals surface area contributed by atoms with Crippen LogP contribution in [0.5, 0.6) is 0 Å². The first-order valence-corrected chi connectivity index (χ1v) is 8.32. The van der Waals surface area contributed by atoms with Gasteiger partial charge in [-0.25, -0.2) is 0 Å². The van der Waals surface area contributed by atoms with E-state index in [0.717, 1.165) is 0 Å². The van der Waals surface area contributed by atoms with Gasteiger partial charge in [0, 0.05) is 24.7 Å². The second-order valence-electron chi connectivity index (χ2n) is 6.43. The van der Waals surface area contributed by atoms with E-state index in [0.29, 0.717) is 23.4 Å². The maximum atomic E-state index is 13.2. The predicted molar refractivity (Wildman–Crippen MR) is 91.2 cm³/mol. The van der Waals surface area contributed by atoms with Crippen LogP contribution in [0.15, 0.2) is 54.2 Å². The van der Waals surface area contributed by atoms with Crippen LogP contribution in [-0.4, -0.2) is 12.8 Å². The molecule has 1 atom stereocenters. The quantitative estimate of drug-likeness (QED) is 0.700. The highest BCUT2D eigenvalue weighted by Crippen LogP contribution is 2.43. The molecule has 28 heavy (non-hydrogen) atoms. The van der Waals surface area contributed by atoms with E-state index in [1.165, 1.54) is 7.05 Å². The molecule has 0 aliphatic heterocycles. The van der Waals surface area contributed by atoms with Gasteiger partial charge in [0.15, 0.2) is 5.78 Å². The number of carbonyl (C=O) groups is 1. The van der Waals surface area contributed by atoms with Crippen LogP contribution < -0.4 is 5.32 Å². The number of alkyl halides is 6. The van der Waals surface area contributed by atoms with Crippen molar-refractivity contribution in [2.75, 3.05) is 7.05 Å². The van der Waals surface area contributed by atoms with Gasteiger partial charge in [-0.1, -0.05) is 30.3 Å². The average Bonchev–Trinajstić information content (AvgIpc) is 2.97. The Kier molecular flexibility index (Phi) is 4.99. The molecule has 0 bridgehead atoms. The molecule has 1 aliphatic rings. The summed E-state index contributed by atoms with van der Waals surface area (Å²) in [4.78, 5) is 12.9. The van der Waals surface area contributed by atoms with E-state index >= 15 is 0 Å². The Morgan fingerprint density at radius 1 is 0.893 bits per heavy atom. The summed E-state index contributed by atoms with van der Waals surface area (Å²) in [5.41, 5.74) is -2.47. The third kappa shape index (κ3) is 3.76. The first-order valence-electron chi connectivity index (χ1n) is 8.32. The Hall–Kier alpha value is -2.77. The molecule has 1 aliphatic carbocycles. The van der Waals surface area contributed by atoms with Crippen LogP contribution in [0.1, 0.15) is 34.6 Å². The summed E-state index contributed by atoms with van der Waals surface area (Å²) in [6.45, 7) is 0. The molecule has 2 aromatic rings. The first-order chi connectivity index (χ1) is 13.0. The number of halogens is 6. The summed E-state index contributed by atoms with van der Waals surface area (Å²) >= 11 is 0. The SMILES string of the molecule is CNC1=C(c2cc(C(F)(F)F)cc(C(F)(F)F)c2)C(=O)C(c2ccccc2)C1. The van der Waals surface area contributed by atoms with Gasteiger partial charge in [-0.2, -0.15) is 26.3 Å². The number of hydrogen-bond acceptors (Lipinski definition) is 2. The Bertz CT molecular complexity index is 896. The number of ketones is 1. The van der Waals surface area contributed by atoms with Crippen LogP contribution >= 0.6 is 0 Å². The van der Waals surface area contributed by atoms with Gasteiger partial charge in [0.2, 0.25) is 0 Å². The number of rotatable bonds is 3. The van der Waals surface area contributed by atoms with Gasteiger partial charge in [-0.15, -0.1) is 0 Å². The van der Waals surface area contributed by atoms with E-state index in [9.17, 15) is 31.1 Å². The number of hydrogen-bond donors (Lipinski definition) is 1. The molecule has 0 saturated carbocycles. The summed E-state index contributed by atoms with van der Waals surface area (Å²) in [6, 6.07) is 9.81. The third-order valence-corrected chi connectivity index (χ3v) is 4.65. The lowest BCUT2D eigenvalue weighted by Crippen LogP contribution is -2.14. The maximum Gasteiger partial charge on any atom is 0.416 e. The van der Waals surface area contributed by atoms with Gasteiger partial charge in [0.05, 0.1) is 17.0 Å². The number of carbonyl (C=O) groups excluding carboxylic acids is 1. The van der Waals surface area contributed by atoms with Gasteiger partial charge in [-0.05, 0) is 29.3 Å². The lowest BCUT2D eigenvalue weighted by Gasteiger charge is -2.15. The van der Waals surface area contributed by atoms with Crippen LogP contribution in [0, 0.1) is 0 Å². The molecule has 2 nitrogen and oxygen atoms in total. The fraction of sp³-hybridized carbons (Fsp3) is 0.250. The minimum absolute atomic E-state index is 0.0528. The Morgan fingerprint density at radius 3 is 1.89 bits per heavy atom. The molecular weight excluding hydrogens is 384 g/mol. The molecule has 0 aromatic heterocycles. The number of allylic oxidation sites excluding steroid dienone is 2. The fourth-order valence-electron chi connectivity index (χ4n) is 3.32. The minimum Gasteiger partial charge on any atom is -0.391 e. The Morgan fingerprint density at radius 2 is 1.43 bits per heavy atom. The highest BCUT2D eigenvalue weighted by molar-refractivity contribution is 6.26. The Labute approximate surface area is 156 Å². The van der Waals surface area contributed by atoms with Crippen molar-refractivity contribution >= 4 is 11.4 Å². The summed E-state index contributed by atoms with van der Waals surface area (Å²) in [5.74, 6) is -1.18. The standard InChI is InChI=1S/C20H15F6NO/c1-27-16-10-15(11-5-3-2-4-6-11)18(28)17(16)12-7-13(19(21,22)23)9-14(8-12)20(24,25)26/h2-9,15,27H,10H2,1H3. The normalized spacial score (nSPS) is 18.0. The molecule has 0 spiro atoms. The molecule has 1 N–H and O–H groups in total. The van der Waals surface area contributed by atoms with Crippen LogP contribution in [0.3, 0.4) is 0 Å². The van der Waals surface area contributed by atoms with Gasteiger partial charge >= 0.3 is 12.4 Å². The van der Waals surface area contributed by atoms with Crippen molar-refractivity contribution in [2.45, 2.75) is 24.7 Å². The van der Waals surface area contributed by atoms with Crippen LogP contribution in [0.2, 0.25) is 0 Å². The van der Waals surface area contributed by atoms with Crippen molar-refractivity contribution in [1.82, 2.24) is 5.32 Å². The minimum atomic E-state index is -4.98. The molecule has 0 fully saturated rings. The van der Waals surface area contributed by atoms with E-state index < -0.39 is 40.7 Å². The van der Waals surface area contributed by atoms with Crippen molar-refractivity contribution in [2.24, 2.45) is 0 Å². The van der Waals surface area contributed by atoms with Crippen molar-refractivity contribution in [3.8, 4) is 0 Å². The maximum absolute atomic E-state index is 13.2. The van der Waals surface area contributed by atoms with Crippen molar-refractivity contribution in [1.29, 1.82) is 0 Å². The van der Waals surface area contributed by atoms with Crippen LogP contribution in [0.25, 0.3) is 5.57 Å². The van der Waals surface area contributed by atoms with Crippen LogP contribution in [-0.2, 0) is 17.1 Å². The molecule has 0 heterocycles. The fourth-order valence-corrected chi connectivity index (χ4v) is 3.32. The molecule has 8 heteroatoms. The molecule has 1 unspecified atom stereocenters. The summed E-state index contributed by atoms with van der Waals surface area (Å²) in [5, 5.41) is 2.76.